The van der Waals surface area contributed by atoms with E-state index in [2.05, 4.69) is 5.32 Å². The highest BCUT2D eigenvalue weighted by Gasteiger charge is 2.13. The third-order valence-corrected chi connectivity index (χ3v) is 3.81. The van der Waals surface area contributed by atoms with Gasteiger partial charge in [-0.3, -0.25) is 4.79 Å². The van der Waals surface area contributed by atoms with Crippen molar-refractivity contribution in [3.63, 3.8) is 0 Å². The second-order valence-corrected chi connectivity index (χ2v) is 5.90. The summed E-state index contributed by atoms with van der Waals surface area (Å²) in [6, 6.07) is 0. The average Bonchev–Trinajstić information content (AvgIpc) is 2.24. The molecule has 0 saturated heterocycles. The number of rotatable bonds is 9. The first-order chi connectivity index (χ1) is 7.90. The van der Waals surface area contributed by atoms with E-state index in [1.165, 1.54) is 14.1 Å². The summed E-state index contributed by atoms with van der Waals surface area (Å²) in [5.74, 6) is -0.328. The third kappa shape index (κ3) is 8.08. The van der Waals surface area contributed by atoms with E-state index >= 15 is 0 Å². The summed E-state index contributed by atoms with van der Waals surface area (Å²) in [6.45, 7) is 1.24. The van der Waals surface area contributed by atoms with Crippen molar-refractivity contribution in [2.45, 2.75) is 6.42 Å². The predicted molar refractivity (Wildman–Crippen MR) is 65.0 cm³/mol. The van der Waals surface area contributed by atoms with Crippen LogP contribution in [-0.2, 0) is 19.6 Å². The first kappa shape index (κ1) is 16.3. The minimum Gasteiger partial charge on any atom is -0.380 e. The second-order valence-electron chi connectivity index (χ2n) is 3.60. The van der Waals surface area contributed by atoms with Crippen LogP contribution in [-0.4, -0.2) is 64.8 Å². The maximum atomic E-state index is 11.3. The zero-order chi connectivity index (χ0) is 13.3. The Morgan fingerprint density at radius 1 is 1.35 bits per heavy atom. The summed E-state index contributed by atoms with van der Waals surface area (Å²) >= 11 is 0. The van der Waals surface area contributed by atoms with Crippen LogP contribution < -0.4 is 11.1 Å². The number of hydrogen-bond acceptors (Lipinski definition) is 5. The second kappa shape index (κ2) is 8.40. The summed E-state index contributed by atoms with van der Waals surface area (Å²) in [5, 5.41) is 2.51. The van der Waals surface area contributed by atoms with Crippen molar-refractivity contribution < 1.29 is 17.9 Å². The number of amides is 1. The lowest BCUT2D eigenvalue weighted by Gasteiger charge is -2.11. The molecule has 0 aromatic heterocycles. The monoisotopic (exact) mass is 267 g/mol. The number of nitrogens with one attached hydrogen (secondary N) is 1. The number of sulfonamides is 1. The van der Waals surface area contributed by atoms with Gasteiger partial charge in [-0.15, -0.1) is 0 Å². The molecule has 0 aliphatic heterocycles. The molecule has 0 aliphatic rings. The van der Waals surface area contributed by atoms with Gasteiger partial charge in [-0.1, -0.05) is 0 Å². The van der Waals surface area contributed by atoms with E-state index in [0.29, 0.717) is 19.8 Å². The zero-order valence-electron chi connectivity index (χ0n) is 10.3. The van der Waals surface area contributed by atoms with Crippen LogP contribution in [0.1, 0.15) is 6.42 Å². The normalized spacial score (nSPS) is 11.8. The van der Waals surface area contributed by atoms with Crippen LogP contribution in [0.5, 0.6) is 0 Å². The molecule has 0 aromatic rings. The molecule has 0 atom stereocenters. The molecule has 0 fully saturated rings. The van der Waals surface area contributed by atoms with Crippen molar-refractivity contribution >= 4 is 15.9 Å². The molecule has 0 bridgehead atoms. The van der Waals surface area contributed by atoms with Crippen LogP contribution in [0.2, 0.25) is 0 Å². The van der Waals surface area contributed by atoms with Gasteiger partial charge in [0, 0.05) is 33.6 Å². The Bertz CT molecular complexity index is 316. The largest absolute Gasteiger partial charge is 0.380 e. The molecule has 0 heterocycles. The molecule has 0 rings (SSSR count). The molecule has 0 radical (unpaired) electrons. The summed E-state index contributed by atoms with van der Waals surface area (Å²) < 4.78 is 28.8. The first-order valence-corrected chi connectivity index (χ1v) is 6.96. The highest BCUT2D eigenvalue weighted by atomic mass is 32.2. The third-order valence-electron chi connectivity index (χ3n) is 1.97. The summed E-state index contributed by atoms with van der Waals surface area (Å²) in [4.78, 5) is 11.2. The highest BCUT2D eigenvalue weighted by molar-refractivity contribution is 7.89. The van der Waals surface area contributed by atoms with Crippen molar-refractivity contribution in [1.82, 2.24) is 9.62 Å². The molecule has 7 nitrogen and oxygen atoms in total. The summed E-state index contributed by atoms with van der Waals surface area (Å²) in [7, 11) is -0.340. The number of nitrogens with zero attached hydrogens (tertiary/aromatic N) is 1. The smallest absolute Gasteiger partial charge is 0.222 e. The van der Waals surface area contributed by atoms with Gasteiger partial charge in [0.2, 0.25) is 15.9 Å². The topological polar surface area (TPSA) is 102 Å². The number of nitrogens with two attached hydrogens (primary N) is 1. The molecule has 0 aromatic carbocycles. The molecule has 0 unspecified atom stereocenters. The van der Waals surface area contributed by atoms with E-state index in [1.807, 2.05) is 0 Å². The van der Waals surface area contributed by atoms with E-state index in [0.717, 1.165) is 4.31 Å². The molecule has 17 heavy (non-hydrogen) atoms. The van der Waals surface area contributed by atoms with Gasteiger partial charge in [-0.05, 0) is 0 Å². The predicted octanol–water partition coefficient (Wildman–Crippen LogP) is -1.64. The Morgan fingerprint density at radius 2 is 2.00 bits per heavy atom. The molecular weight excluding hydrogens is 246 g/mol. The molecule has 0 saturated carbocycles. The number of carbonyl (C=O) groups is 1. The van der Waals surface area contributed by atoms with Crippen molar-refractivity contribution in [2.75, 3.05) is 46.2 Å². The lowest BCUT2D eigenvalue weighted by atomic mass is 10.4. The Kier molecular flexibility index (Phi) is 8.05. The van der Waals surface area contributed by atoms with Crippen LogP contribution in [0.3, 0.4) is 0 Å². The van der Waals surface area contributed by atoms with Crippen LogP contribution in [0, 0.1) is 0 Å². The van der Waals surface area contributed by atoms with Gasteiger partial charge in [0.15, 0.2) is 0 Å². The van der Waals surface area contributed by atoms with Crippen LogP contribution in [0.25, 0.3) is 0 Å². The zero-order valence-corrected chi connectivity index (χ0v) is 11.1. The van der Waals surface area contributed by atoms with Crippen molar-refractivity contribution in [1.29, 1.82) is 0 Å². The van der Waals surface area contributed by atoms with Crippen molar-refractivity contribution in [2.24, 2.45) is 5.73 Å². The number of ether oxygens (including phenoxy) is 1. The Morgan fingerprint density at radius 3 is 2.53 bits per heavy atom. The molecule has 102 valence electrons. The molecule has 1 amide bonds. The van der Waals surface area contributed by atoms with E-state index in [9.17, 15) is 13.2 Å². The van der Waals surface area contributed by atoms with E-state index in [4.69, 9.17) is 10.5 Å². The van der Waals surface area contributed by atoms with Gasteiger partial charge in [-0.25, -0.2) is 12.7 Å². The van der Waals surface area contributed by atoms with E-state index in [-0.39, 0.29) is 24.6 Å². The first-order valence-electron chi connectivity index (χ1n) is 5.35. The molecule has 3 N–H and O–H groups in total. The standard InChI is InChI=1S/C9H21N3O4S/c1-12(2)17(14,15)8-5-11-9(13)3-6-16-7-4-10/h3-8,10H2,1-2H3,(H,11,13). The minimum atomic E-state index is -3.25. The molecule has 0 spiro atoms. The Hall–Kier alpha value is -0.700. The van der Waals surface area contributed by atoms with Crippen LogP contribution in [0.15, 0.2) is 0 Å². The van der Waals surface area contributed by atoms with Gasteiger partial charge in [0.25, 0.3) is 0 Å². The summed E-state index contributed by atoms with van der Waals surface area (Å²) in [6.07, 6.45) is 0.210. The van der Waals surface area contributed by atoms with E-state index in [1.54, 1.807) is 0 Å². The number of hydrogen-bond donors (Lipinski definition) is 2. The van der Waals surface area contributed by atoms with Crippen LogP contribution >= 0.6 is 0 Å². The lowest BCUT2D eigenvalue weighted by molar-refractivity contribution is -0.122. The minimum absolute atomic E-state index is 0.102. The molecule has 8 heteroatoms. The average molecular weight is 267 g/mol. The Balaban J connectivity index is 3.65. The van der Waals surface area contributed by atoms with Gasteiger partial charge >= 0.3 is 0 Å². The maximum absolute atomic E-state index is 11.3. The van der Waals surface area contributed by atoms with E-state index < -0.39 is 10.0 Å². The highest BCUT2D eigenvalue weighted by Crippen LogP contribution is 1.92. The van der Waals surface area contributed by atoms with Crippen molar-refractivity contribution in [3.05, 3.63) is 0 Å². The quantitative estimate of drug-likeness (QED) is 0.488. The maximum Gasteiger partial charge on any atom is 0.222 e. The van der Waals surface area contributed by atoms with Gasteiger partial charge in [0.05, 0.1) is 19.0 Å². The van der Waals surface area contributed by atoms with Crippen LogP contribution in [0.4, 0.5) is 0 Å². The lowest BCUT2D eigenvalue weighted by Crippen LogP contribution is -2.34. The van der Waals surface area contributed by atoms with Crippen molar-refractivity contribution in [3.8, 4) is 0 Å². The molecule has 0 aliphatic carbocycles. The fraction of sp³-hybridized carbons (Fsp3) is 0.889. The SMILES string of the molecule is CN(C)S(=O)(=O)CCNC(=O)CCOCCN. The Labute approximate surface area is 102 Å². The molecular formula is C9H21N3O4S. The number of carbonyl (C=O) groups excluding carboxylic acids is 1. The van der Waals surface area contributed by atoms with Gasteiger partial charge in [-0.2, -0.15) is 0 Å². The van der Waals surface area contributed by atoms with Gasteiger partial charge in [0.1, 0.15) is 0 Å². The van der Waals surface area contributed by atoms with Gasteiger partial charge < -0.3 is 15.8 Å². The fourth-order valence-corrected chi connectivity index (χ4v) is 1.67. The fourth-order valence-electron chi connectivity index (χ4n) is 0.941. The summed E-state index contributed by atoms with van der Waals surface area (Å²) in [5.41, 5.74) is 5.20.